The van der Waals surface area contributed by atoms with Gasteiger partial charge in [0.05, 0.1) is 0 Å². The first-order valence-corrected chi connectivity index (χ1v) is 7.54. The Labute approximate surface area is 113 Å². The first-order chi connectivity index (χ1) is 8.77. The maximum absolute atomic E-state index is 11.9. The first-order valence-electron chi connectivity index (χ1n) is 6.38. The summed E-state index contributed by atoms with van der Waals surface area (Å²) in [6, 6.07) is 0. The molecule has 1 N–H and O–H groups in total. The summed E-state index contributed by atoms with van der Waals surface area (Å²) in [5.74, 6) is 1.92. The van der Waals surface area contributed by atoms with Gasteiger partial charge in [-0.05, 0) is 30.7 Å². The summed E-state index contributed by atoms with van der Waals surface area (Å²) in [5.41, 5.74) is 4.16. The predicted molar refractivity (Wildman–Crippen MR) is 83.1 cm³/mol. The smallest absolute Gasteiger partial charge is 0.252 e. The number of hydrogen-bond acceptors (Lipinski definition) is 2. The highest BCUT2D eigenvalue weighted by atomic mass is 32.2. The topological polar surface area (TPSA) is 32.9 Å². The second kappa shape index (κ2) is 7.27. The van der Waals surface area contributed by atoms with Crippen molar-refractivity contribution in [2.24, 2.45) is 0 Å². The van der Waals surface area contributed by atoms with Gasteiger partial charge in [0, 0.05) is 22.6 Å². The van der Waals surface area contributed by atoms with E-state index in [0.29, 0.717) is 0 Å². The van der Waals surface area contributed by atoms with Gasteiger partial charge in [-0.1, -0.05) is 32.6 Å². The van der Waals surface area contributed by atoms with Crippen LogP contribution in [0.3, 0.4) is 0 Å². The third-order valence-corrected chi connectivity index (χ3v) is 3.77. The van der Waals surface area contributed by atoms with Crippen molar-refractivity contribution in [2.45, 2.75) is 32.9 Å². The van der Waals surface area contributed by atoms with Crippen LogP contribution in [0.1, 0.15) is 43.2 Å². The summed E-state index contributed by atoms with van der Waals surface area (Å²) >= 11 is 1.82. The second-order valence-electron chi connectivity index (χ2n) is 3.75. The zero-order valence-electron chi connectivity index (χ0n) is 11.4. The van der Waals surface area contributed by atoms with Gasteiger partial charge in [0.2, 0.25) is 0 Å². The maximum Gasteiger partial charge on any atom is 0.252 e. The molecular formula is C15H21NOS. The van der Waals surface area contributed by atoms with Gasteiger partial charge in [-0.25, -0.2) is 0 Å². The predicted octanol–water partition coefficient (Wildman–Crippen LogP) is 3.87. The molecule has 0 aliphatic carbocycles. The van der Waals surface area contributed by atoms with E-state index in [1.165, 1.54) is 5.56 Å². The van der Waals surface area contributed by atoms with Crippen LogP contribution in [0, 0.1) is 0 Å². The van der Waals surface area contributed by atoms with Gasteiger partial charge in [-0.3, -0.25) is 4.79 Å². The lowest BCUT2D eigenvalue weighted by Crippen LogP contribution is -2.21. The van der Waals surface area contributed by atoms with E-state index < -0.39 is 0 Å². The largest absolute Gasteiger partial charge is 0.322 e. The van der Waals surface area contributed by atoms with Crippen LogP contribution in [-0.4, -0.2) is 10.7 Å². The Hall–Kier alpha value is -1.22. The fourth-order valence-electron chi connectivity index (χ4n) is 2.03. The van der Waals surface area contributed by atoms with Gasteiger partial charge in [0.25, 0.3) is 5.56 Å². The van der Waals surface area contributed by atoms with Crippen LogP contribution in [-0.2, 0) is 12.2 Å². The summed E-state index contributed by atoms with van der Waals surface area (Å²) in [6.07, 6.45) is 6.76. The summed E-state index contributed by atoms with van der Waals surface area (Å²) in [4.78, 5) is 14.8. The molecule has 0 bridgehead atoms. The Balaban J connectivity index is 0.000000771. The Morgan fingerprint density at radius 2 is 2.06 bits per heavy atom. The molecule has 0 unspecified atom stereocenters. The van der Waals surface area contributed by atoms with E-state index in [9.17, 15) is 4.79 Å². The molecule has 0 aromatic carbocycles. The number of aromatic amines is 1. The summed E-state index contributed by atoms with van der Waals surface area (Å²) in [5, 5.41) is 0. The lowest BCUT2D eigenvalue weighted by atomic mass is 9.98. The number of nitrogens with one attached hydrogen (secondary N) is 1. The van der Waals surface area contributed by atoms with Crippen molar-refractivity contribution >= 4 is 23.9 Å². The molecule has 0 saturated heterocycles. The van der Waals surface area contributed by atoms with Crippen molar-refractivity contribution < 1.29 is 0 Å². The fourth-order valence-corrected chi connectivity index (χ4v) is 3.03. The second-order valence-corrected chi connectivity index (χ2v) is 4.85. The number of pyridine rings is 1. The van der Waals surface area contributed by atoms with Gasteiger partial charge in [0.15, 0.2) is 0 Å². The lowest BCUT2D eigenvalue weighted by molar-refractivity contribution is 1.01. The number of H-pyrrole nitrogens is 1. The summed E-state index contributed by atoms with van der Waals surface area (Å²) in [6.45, 7) is 9.74. The molecule has 18 heavy (non-hydrogen) atoms. The van der Waals surface area contributed by atoms with E-state index >= 15 is 0 Å². The molecule has 3 heteroatoms. The number of thioether (sulfide) groups is 1. The molecular weight excluding hydrogens is 242 g/mol. The molecule has 98 valence electrons. The average molecular weight is 263 g/mol. The van der Waals surface area contributed by atoms with Gasteiger partial charge in [-0.15, -0.1) is 0 Å². The maximum atomic E-state index is 11.9. The molecule has 0 saturated carbocycles. The molecule has 0 atom stereocenters. The number of rotatable bonds is 2. The van der Waals surface area contributed by atoms with Crippen molar-refractivity contribution in [3.63, 3.8) is 0 Å². The van der Waals surface area contributed by atoms with E-state index in [1.54, 1.807) is 6.08 Å². The van der Waals surface area contributed by atoms with E-state index in [-0.39, 0.29) is 5.56 Å². The lowest BCUT2D eigenvalue weighted by Gasteiger charge is -2.18. The number of allylic oxidation sites excluding steroid dienone is 1. The van der Waals surface area contributed by atoms with Crippen LogP contribution in [0.2, 0.25) is 0 Å². The molecule has 1 aromatic heterocycles. The van der Waals surface area contributed by atoms with Crippen molar-refractivity contribution in [2.75, 3.05) is 5.75 Å². The number of aromatic nitrogens is 1. The van der Waals surface area contributed by atoms with Gasteiger partial charge >= 0.3 is 0 Å². The fraction of sp³-hybridized carbons (Fsp3) is 0.400. The third kappa shape index (κ3) is 2.96. The number of hydrogen-bond donors (Lipinski definition) is 1. The van der Waals surface area contributed by atoms with Crippen molar-refractivity contribution in [3.8, 4) is 0 Å². The van der Waals surface area contributed by atoms with Crippen LogP contribution >= 0.6 is 11.8 Å². The van der Waals surface area contributed by atoms with Gasteiger partial charge in [0.1, 0.15) is 0 Å². The molecule has 2 heterocycles. The summed E-state index contributed by atoms with van der Waals surface area (Å²) < 4.78 is 0. The highest BCUT2D eigenvalue weighted by Gasteiger charge is 2.17. The van der Waals surface area contributed by atoms with Gasteiger partial charge < -0.3 is 4.98 Å². The van der Waals surface area contributed by atoms with Crippen LogP contribution in [0.15, 0.2) is 17.4 Å². The third-order valence-electron chi connectivity index (χ3n) is 2.78. The van der Waals surface area contributed by atoms with Gasteiger partial charge in [-0.2, -0.15) is 11.8 Å². The van der Waals surface area contributed by atoms with Crippen molar-refractivity contribution in [1.29, 1.82) is 0 Å². The molecule has 0 fully saturated rings. The molecule has 0 amide bonds. The Bertz CT molecular complexity index is 500. The minimum Gasteiger partial charge on any atom is -0.322 e. The molecule has 1 aliphatic heterocycles. The minimum atomic E-state index is 0.0466. The van der Waals surface area contributed by atoms with Crippen LogP contribution in [0.4, 0.5) is 0 Å². The zero-order valence-corrected chi connectivity index (χ0v) is 12.2. The molecule has 0 spiro atoms. The van der Waals surface area contributed by atoms with E-state index in [4.69, 9.17) is 0 Å². The SMILES string of the molecule is C=Cc1[nH]c(=O)c2c(c1/C=C\C)CCSC2.CC. The standard InChI is InChI=1S/C13H15NOS.C2H6/c1-3-5-10-9-6-7-16-8-11(9)13(15)14-12(10)4-2;1-2/h3-5H,2,6-8H2,1H3,(H,14,15);1-2H3/b5-3-;. The Morgan fingerprint density at radius 3 is 2.67 bits per heavy atom. The van der Waals surface area contributed by atoms with Crippen LogP contribution < -0.4 is 5.56 Å². The van der Waals surface area contributed by atoms with Crippen molar-refractivity contribution in [1.82, 2.24) is 4.98 Å². The highest BCUT2D eigenvalue weighted by Crippen LogP contribution is 2.27. The first kappa shape index (κ1) is 14.8. The van der Waals surface area contributed by atoms with Crippen LogP contribution in [0.25, 0.3) is 12.2 Å². The van der Waals surface area contributed by atoms with E-state index in [1.807, 2.05) is 38.6 Å². The summed E-state index contributed by atoms with van der Waals surface area (Å²) in [7, 11) is 0. The number of fused-ring (bicyclic) bond motifs is 1. The Morgan fingerprint density at radius 1 is 1.33 bits per heavy atom. The average Bonchev–Trinajstić information content (AvgIpc) is 2.44. The molecule has 2 nitrogen and oxygen atoms in total. The Kier molecular flexibility index (Phi) is 5.99. The molecule has 1 aliphatic rings. The molecule has 2 rings (SSSR count). The quantitative estimate of drug-likeness (QED) is 0.878. The normalized spacial score (nSPS) is 13.7. The minimum absolute atomic E-state index is 0.0466. The monoisotopic (exact) mass is 263 g/mol. The zero-order chi connectivity index (χ0) is 13.5. The highest BCUT2D eigenvalue weighted by molar-refractivity contribution is 7.98. The van der Waals surface area contributed by atoms with Crippen LogP contribution in [0.5, 0.6) is 0 Å². The molecule has 0 radical (unpaired) electrons. The van der Waals surface area contributed by atoms with E-state index in [0.717, 1.165) is 34.7 Å². The van der Waals surface area contributed by atoms with Crippen molar-refractivity contribution in [3.05, 3.63) is 45.4 Å². The van der Waals surface area contributed by atoms with E-state index in [2.05, 4.69) is 17.6 Å². The molecule has 1 aromatic rings.